The summed E-state index contributed by atoms with van der Waals surface area (Å²) in [6.45, 7) is 1.69. The lowest BCUT2D eigenvalue weighted by atomic mass is 9.89. The Morgan fingerprint density at radius 3 is 2.71 bits per heavy atom. The summed E-state index contributed by atoms with van der Waals surface area (Å²) in [5.41, 5.74) is -1.13. The summed E-state index contributed by atoms with van der Waals surface area (Å²) in [4.78, 5) is 0. The maximum atomic E-state index is 12.6. The van der Waals surface area contributed by atoms with Crippen LogP contribution in [-0.4, -0.2) is 23.1 Å². The molecule has 0 saturated heterocycles. The van der Waals surface area contributed by atoms with Gasteiger partial charge in [-0.1, -0.05) is 19.3 Å². The molecule has 1 rings (SSSR count). The Morgan fingerprint density at radius 2 is 2.07 bits per heavy atom. The van der Waals surface area contributed by atoms with Crippen LogP contribution in [0.25, 0.3) is 0 Å². The summed E-state index contributed by atoms with van der Waals surface area (Å²) in [5, 5.41) is 3.26. The molecule has 14 heavy (non-hydrogen) atoms. The molecule has 0 aromatic carbocycles. The molecule has 1 unspecified atom stereocenters. The Labute approximate surface area is 89.9 Å². The van der Waals surface area contributed by atoms with Crippen molar-refractivity contribution in [3.63, 3.8) is 0 Å². The van der Waals surface area contributed by atoms with Crippen molar-refractivity contribution in [2.24, 2.45) is 5.92 Å². The van der Waals surface area contributed by atoms with Gasteiger partial charge < -0.3 is 9.87 Å². The van der Waals surface area contributed by atoms with E-state index < -0.39 is 5.50 Å². The monoisotopic (exact) mass is 221 g/mol. The first-order valence-electron chi connectivity index (χ1n) is 5.48. The van der Waals surface area contributed by atoms with Gasteiger partial charge in [0, 0.05) is 18.5 Å². The van der Waals surface area contributed by atoms with E-state index in [0.717, 1.165) is 12.5 Å². The van der Waals surface area contributed by atoms with Crippen LogP contribution in [0.1, 0.15) is 38.5 Å². The highest BCUT2D eigenvalue weighted by Gasteiger charge is 2.12. The minimum Gasteiger partial charge on any atom is -0.328 e. The SMILES string of the molecule is OSC(F)CCNCC1CCCCC1. The second-order valence-corrected chi connectivity index (χ2v) is 4.73. The van der Waals surface area contributed by atoms with Crippen LogP contribution < -0.4 is 5.32 Å². The van der Waals surface area contributed by atoms with Gasteiger partial charge in [0.1, 0.15) is 0 Å². The molecular weight excluding hydrogens is 201 g/mol. The lowest BCUT2D eigenvalue weighted by Gasteiger charge is -2.21. The molecule has 1 atom stereocenters. The zero-order valence-corrected chi connectivity index (χ0v) is 9.36. The number of alkyl halides is 1. The third-order valence-electron chi connectivity index (χ3n) is 2.82. The van der Waals surface area contributed by atoms with Crippen molar-refractivity contribution in [2.75, 3.05) is 13.1 Å². The molecule has 1 saturated carbocycles. The minimum atomic E-state index is -1.13. The molecule has 84 valence electrons. The van der Waals surface area contributed by atoms with Gasteiger partial charge in [-0.2, -0.15) is 0 Å². The molecular formula is C10H20FNOS. The molecule has 1 aliphatic carbocycles. The highest BCUT2D eigenvalue weighted by Crippen LogP contribution is 2.22. The molecule has 0 spiro atoms. The summed E-state index contributed by atoms with van der Waals surface area (Å²) < 4.78 is 21.0. The van der Waals surface area contributed by atoms with Gasteiger partial charge in [0.25, 0.3) is 0 Å². The van der Waals surface area contributed by atoms with Crippen molar-refractivity contribution in [1.82, 2.24) is 5.32 Å². The van der Waals surface area contributed by atoms with Crippen LogP contribution in [0.15, 0.2) is 0 Å². The quantitative estimate of drug-likeness (QED) is 0.534. The van der Waals surface area contributed by atoms with Crippen LogP contribution in [0, 0.1) is 5.92 Å². The van der Waals surface area contributed by atoms with Gasteiger partial charge in [0.2, 0.25) is 0 Å². The van der Waals surface area contributed by atoms with E-state index in [9.17, 15) is 4.39 Å². The fourth-order valence-corrected chi connectivity index (χ4v) is 2.19. The van der Waals surface area contributed by atoms with Gasteiger partial charge in [0.05, 0.1) is 0 Å². The van der Waals surface area contributed by atoms with Gasteiger partial charge in [-0.15, -0.1) is 0 Å². The molecule has 1 fully saturated rings. The Kier molecular flexibility index (Phi) is 6.56. The van der Waals surface area contributed by atoms with Crippen molar-refractivity contribution in [3.05, 3.63) is 0 Å². The molecule has 0 heterocycles. The zero-order chi connectivity index (χ0) is 10.2. The summed E-state index contributed by atoms with van der Waals surface area (Å²) in [5.74, 6) is 0.795. The molecule has 0 radical (unpaired) electrons. The molecule has 0 aromatic heterocycles. The highest BCUT2D eigenvalue weighted by molar-refractivity contribution is 7.94. The Hall–Kier alpha value is 0.200. The van der Waals surface area contributed by atoms with Gasteiger partial charge >= 0.3 is 0 Å². The minimum absolute atomic E-state index is 0.304. The van der Waals surface area contributed by atoms with E-state index in [1.165, 1.54) is 32.1 Å². The van der Waals surface area contributed by atoms with Crippen molar-refractivity contribution in [3.8, 4) is 0 Å². The van der Waals surface area contributed by atoms with Crippen LogP contribution in [0.3, 0.4) is 0 Å². The maximum absolute atomic E-state index is 12.6. The van der Waals surface area contributed by atoms with Gasteiger partial charge in [-0.05, 0) is 31.8 Å². The predicted octanol–water partition coefficient (Wildman–Crippen LogP) is 3.05. The molecule has 1 aliphatic rings. The van der Waals surface area contributed by atoms with Crippen molar-refractivity contribution in [2.45, 2.75) is 44.0 Å². The third kappa shape index (κ3) is 5.17. The van der Waals surface area contributed by atoms with Gasteiger partial charge in [-0.25, -0.2) is 4.39 Å². The van der Waals surface area contributed by atoms with E-state index in [1.807, 2.05) is 0 Å². The summed E-state index contributed by atoms with van der Waals surface area (Å²) in [6.07, 6.45) is 7.12. The fourth-order valence-electron chi connectivity index (χ4n) is 1.97. The van der Waals surface area contributed by atoms with E-state index >= 15 is 0 Å². The average Bonchev–Trinajstić information content (AvgIpc) is 2.25. The van der Waals surface area contributed by atoms with E-state index in [-0.39, 0.29) is 0 Å². The van der Waals surface area contributed by atoms with Gasteiger partial charge in [0.15, 0.2) is 5.50 Å². The van der Waals surface area contributed by atoms with Crippen LogP contribution in [0.4, 0.5) is 4.39 Å². The van der Waals surface area contributed by atoms with E-state index in [0.29, 0.717) is 25.0 Å². The van der Waals surface area contributed by atoms with Crippen LogP contribution in [0.5, 0.6) is 0 Å². The van der Waals surface area contributed by atoms with Crippen molar-refractivity contribution in [1.29, 1.82) is 0 Å². The Balaban J connectivity index is 1.92. The van der Waals surface area contributed by atoms with E-state index in [2.05, 4.69) is 5.32 Å². The molecule has 4 heteroatoms. The second kappa shape index (κ2) is 7.49. The topological polar surface area (TPSA) is 32.3 Å². The number of rotatable bonds is 6. The standard InChI is InChI=1S/C10H20FNOS/c11-10(14-13)6-7-12-8-9-4-2-1-3-5-9/h9-10,12-13H,1-8H2. The normalized spacial score (nSPS) is 21.0. The third-order valence-corrected chi connectivity index (χ3v) is 3.28. The van der Waals surface area contributed by atoms with Gasteiger partial charge in [-0.3, -0.25) is 0 Å². The first-order valence-corrected chi connectivity index (χ1v) is 6.31. The smallest absolute Gasteiger partial charge is 0.172 e. The van der Waals surface area contributed by atoms with Crippen molar-refractivity contribution >= 4 is 12.0 Å². The fraction of sp³-hybridized carbons (Fsp3) is 1.00. The Morgan fingerprint density at radius 1 is 1.36 bits per heavy atom. The average molecular weight is 221 g/mol. The number of hydrogen-bond donors (Lipinski definition) is 2. The first kappa shape index (κ1) is 12.3. The predicted molar refractivity (Wildman–Crippen MR) is 59.2 cm³/mol. The number of halogens is 1. The van der Waals surface area contributed by atoms with Crippen molar-refractivity contribution < 1.29 is 8.94 Å². The van der Waals surface area contributed by atoms with Crippen LogP contribution >= 0.6 is 12.0 Å². The molecule has 2 N–H and O–H groups in total. The number of nitrogens with one attached hydrogen (secondary N) is 1. The molecule has 0 bridgehead atoms. The summed E-state index contributed by atoms with van der Waals surface area (Å²) in [7, 11) is 0. The van der Waals surface area contributed by atoms with E-state index in [4.69, 9.17) is 4.55 Å². The summed E-state index contributed by atoms with van der Waals surface area (Å²) >= 11 is 0.304. The first-order chi connectivity index (χ1) is 6.83. The molecule has 0 aromatic rings. The Bertz CT molecular complexity index is 142. The largest absolute Gasteiger partial charge is 0.328 e. The number of hydrogen-bond acceptors (Lipinski definition) is 3. The lowest BCUT2D eigenvalue weighted by molar-refractivity contribution is 0.334. The molecule has 0 amide bonds. The molecule has 2 nitrogen and oxygen atoms in total. The van der Waals surface area contributed by atoms with E-state index in [1.54, 1.807) is 0 Å². The van der Waals surface area contributed by atoms with Crippen LogP contribution in [0.2, 0.25) is 0 Å². The maximum Gasteiger partial charge on any atom is 0.172 e. The molecule has 0 aliphatic heterocycles. The lowest BCUT2D eigenvalue weighted by Crippen LogP contribution is -2.26. The van der Waals surface area contributed by atoms with Crippen LogP contribution in [-0.2, 0) is 0 Å². The second-order valence-electron chi connectivity index (χ2n) is 4.01. The zero-order valence-electron chi connectivity index (χ0n) is 8.54. The summed E-state index contributed by atoms with van der Waals surface area (Å²) in [6, 6.07) is 0. The highest BCUT2D eigenvalue weighted by atomic mass is 32.2.